The van der Waals surface area contributed by atoms with E-state index in [4.69, 9.17) is 11.6 Å². The van der Waals surface area contributed by atoms with Crippen LogP contribution >= 0.6 is 11.6 Å². The molecule has 0 saturated heterocycles. The minimum atomic E-state index is -1.45. The number of carboxylic acid groups (broad SMARTS) is 1. The quantitative estimate of drug-likeness (QED) is 0.796. The van der Waals surface area contributed by atoms with Gasteiger partial charge in [0, 0.05) is 23.5 Å². The Morgan fingerprint density at radius 2 is 2.16 bits per heavy atom. The molecular formula is C18H16ClFN2O3. The second kappa shape index (κ2) is 6.44. The number of ketones is 1. The maximum Gasteiger partial charge on any atom is 0.304 e. The summed E-state index contributed by atoms with van der Waals surface area (Å²) >= 11 is 6.04. The summed E-state index contributed by atoms with van der Waals surface area (Å²) < 4.78 is 14.7. The molecule has 0 aliphatic carbocycles. The molecule has 3 rings (SSSR count). The van der Waals surface area contributed by atoms with Crippen LogP contribution in [0.25, 0.3) is 0 Å². The van der Waals surface area contributed by atoms with Crippen LogP contribution in [-0.2, 0) is 16.6 Å². The van der Waals surface area contributed by atoms with E-state index in [1.54, 1.807) is 25.1 Å². The topological polar surface area (TPSA) is 79.3 Å². The molecule has 0 spiro atoms. The van der Waals surface area contributed by atoms with Crippen molar-refractivity contribution in [3.8, 4) is 0 Å². The number of hydrogen-bond acceptors (Lipinski definition) is 4. The average Bonchev–Trinajstić information content (AvgIpc) is 2.93. The van der Waals surface area contributed by atoms with Gasteiger partial charge in [-0.05, 0) is 41.8 Å². The molecule has 1 aliphatic rings. The van der Waals surface area contributed by atoms with Crippen LogP contribution in [0.4, 0.5) is 10.1 Å². The first-order valence-electron chi connectivity index (χ1n) is 7.83. The van der Waals surface area contributed by atoms with E-state index in [1.165, 1.54) is 12.3 Å². The molecule has 2 aromatic rings. The molecule has 2 N–H and O–H groups in total. The summed E-state index contributed by atoms with van der Waals surface area (Å²) in [7, 11) is 0. The van der Waals surface area contributed by atoms with Crippen molar-refractivity contribution in [2.45, 2.75) is 25.2 Å². The molecule has 7 heteroatoms. The van der Waals surface area contributed by atoms with Gasteiger partial charge in [0.25, 0.3) is 0 Å². The number of rotatable bonds is 5. The normalized spacial score (nSPS) is 18.5. The van der Waals surface area contributed by atoms with Crippen molar-refractivity contribution in [1.82, 2.24) is 4.98 Å². The summed E-state index contributed by atoms with van der Waals surface area (Å²) in [5, 5.41) is 12.8. The third-order valence-corrected chi connectivity index (χ3v) is 4.77. The van der Waals surface area contributed by atoms with Crippen LogP contribution in [0.5, 0.6) is 0 Å². The number of nitrogens with one attached hydrogen (secondary N) is 1. The number of pyridine rings is 1. The van der Waals surface area contributed by atoms with Crippen molar-refractivity contribution in [2.24, 2.45) is 0 Å². The third-order valence-electron chi connectivity index (χ3n) is 4.53. The maximum atomic E-state index is 14.7. The molecule has 25 heavy (non-hydrogen) atoms. The molecule has 0 saturated carbocycles. The summed E-state index contributed by atoms with van der Waals surface area (Å²) in [6.45, 7) is 1.82. The van der Waals surface area contributed by atoms with E-state index in [2.05, 4.69) is 10.3 Å². The fraction of sp³-hybridized carbons (Fsp3) is 0.278. The highest BCUT2D eigenvalue weighted by Crippen LogP contribution is 2.43. The van der Waals surface area contributed by atoms with E-state index in [0.717, 1.165) is 0 Å². The van der Waals surface area contributed by atoms with Crippen LogP contribution in [0.3, 0.4) is 0 Å². The van der Waals surface area contributed by atoms with E-state index < -0.39 is 29.4 Å². The molecule has 1 unspecified atom stereocenters. The van der Waals surface area contributed by atoms with Crippen molar-refractivity contribution in [1.29, 1.82) is 0 Å². The summed E-state index contributed by atoms with van der Waals surface area (Å²) in [5.41, 5.74) is -0.357. The molecule has 0 amide bonds. The Hall–Kier alpha value is -2.47. The number of carboxylic acids is 1. The van der Waals surface area contributed by atoms with Gasteiger partial charge >= 0.3 is 5.97 Å². The highest BCUT2D eigenvalue weighted by molar-refractivity contribution is 6.30. The van der Waals surface area contributed by atoms with Gasteiger partial charge in [-0.2, -0.15) is 0 Å². The molecule has 1 aromatic carbocycles. The summed E-state index contributed by atoms with van der Waals surface area (Å²) in [5.74, 6) is -2.51. The van der Waals surface area contributed by atoms with Crippen LogP contribution < -0.4 is 5.32 Å². The molecule has 0 radical (unpaired) electrons. The number of halogens is 2. The van der Waals surface area contributed by atoms with Gasteiger partial charge in [-0.1, -0.05) is 18.5 Å². The van der Waals surface area contributed by atoms with Gasteiger partial charge in [0.15, 0.2) is 11.6 Å². The third kappa shape index (κ3) is 2.87. The van der Waals surface area contributed by atoms with Crippen molar-refractivity contribution in [3.63, 3.8) is 0 Å². The van der Waals surface area contributed by atoms with Crippen molar-refractivity contribution in [2.75, 3.05) is 11.9 Å². The van der Waals surface area contributed by atoms with Crippen molar-refractivity contribution >= 4 is 29.0 Å². The fourth-order valence-corrected chi connectivity index (χ4v) is 3.42. The van der Waals surface area contributed by atoms with Crippen molar-refractivity contribution < 1.29 is 19.1 Å². The van der Waals surface area contributed by atoms with E-state index in [0.29, 0.717) is 28.3 Å². The number of benzene rings is 1. The van der Waals surface area contributed by atoms with Gasteiger partial charge < -0.3 is 10.4 Å². The Labute approximate surface area is 148 Å². The molecular weight excluding hydrogens is 347 g/mol. The fourth-order valence-electron chi connectivity index (χ4n) is 3.25. The number of hydrogen-bond donors (Lipinski definition) is 2. The van der Waals surface area contributed by atoms with Crippen LogP contribution in [0.1, 0.15) is 35.0 Å². The van der Waals surface area contributed by atoms with E-state index in [1.807, 2.05) is 0 Å². The van der Waals surface area contributed by atoms with Gasteiger partial charge in [-0.15, -0.1) is 0 Å². The molecule has 2 heterocycles. The molecule has 130 valence electrons. The number of anilines is 1. The van der Waals surface area contributed by atoms with Gasteiger partial charge in [-0.3, -0.25) is 9.59 Å². The Balaban J connectivity index is 2.18. The standard InChI is InChI=1S/C18H16ClFN2O3/c1-2-10-5-6-21-16(15(10)20)17(25)18(8-14(23)24)9-22-13-4-3-11(19)7-12(13)18/h3-7,22H,2,8-9H2,1H3,(H,23,24). The SMILES string of the molecule is CCc1ccnc(C(=O)C2(CC(=O)O)CNc3ccc(Cl)cc32)c1F. The number of fused-ring (bicyclic) bond motifs is 1. The predicted molar refractivity (Wildman–Crippen MR) is 91.8 cm³/mol. The lowest BCUT2D eigenvalue weighted by atomic mass is 9.74. The minimum Gasteiger partial charge on any atom is -0.481 e. The van der Waals surface area contributed by atoms with Crippen LogP contribution in [0.15, 0.2) is 30.5 Å². The Kier molecular flexibility index (Phi) is 4.47. The number of carbonyl (C=O) groups excluding carboxylic acids is 1. The van der Waals surface area contributed by atoms with E-state index in [-0.39, 0.29) is 12.2 Å². The van der Waals surface area contributed by atoms with Crippen LogP contribution in [0, 0.1) is 5.82 Å². The van der Waals surface area contributed by atoms with Crippen LogP contribution in [0.2, 0.25) is 5.02 Å². The number of aryl methyl sites for hydroxylation is 1. The zero-order chi connectivity index (χ0) is 18.2. The smallest absolute Gasteiger partial charge is 0.304 e. The number of carbonyl (C=O) groups is 2. The average molecular weight is 363 g/mol. The predicted octanol–water partition coefficient (Wildman–Crippen LogP) is 3.46. The molecule has 5 nitrogen and oxygen atoms in total. The number of nitrogens with zero attached hydrogens (tertiary/aromatic N) is 1. The zero-order valence-electron chi connectivity index (χ0n) is 13.5. The first-order chi connectivity index (χ1) is 11.9. The Morgan fingerprint density at radius 1 is 1.40 bits per heavy atom. The second-order valence-corrected chi connectivity index (χ2v) is 6.45. The monoisotopic (exact) mass is 362 g/mol. The Morgan fingerprint density at radius 3 is 2.84 bits per heavy atom. The Bertz CT molecular complexity index is 871. The van der Waals surface area contributed by atoms with Gasteiger partial charge in [0.2, 0.25) is 0 Å². The zero-order valence-corrected chi connectivity index (χ0v) is 14.2. The summed E-state index contributed by atoms with van der Waals surface area (Å²) in [6, 6.07) is 6.39. The number of aromatic nitrogens is 1. The molecule has 1 aromatic heterocycles. The second-order valence-electron chi connectivity index (χ2n) is 6.01. The molecule has 0 bridgehead atoms. The maximum absolute atomic E-state index is 14.7. The van der Waals surface area contributed by atoms with Gasteiger partial charge in [-0.25, -0.2) is 9.37 Å². The minimum absolute atomic E-state index is 0.0469. The molecule has 0 fully saturated rings. The lowest BCUT2D eigenvalue weighted by Gasteiger charge is -2.26. The largest absolute Gasteiger partial charge is 0.481 e. The van der Waals surface area contributed by atoms with Crippen LogP contribution in [-0.4, -0.2) is 28.4 Å². The number of Topliss-reactive ketones (excluding diaryl/α,β-unsaturated/α-hetero) is 1. The van der Waals surface area contributed by atoms with Crippen molar-refractivity contribution in [3.05, 3.63) is 58.1 Å². The highest BCUT2D eigenvalue weighted by atomic mass is 35.5. The first kappa shape index (κ1) is 17.4. The summed E-state index contributed by atoms with van der Waals surface area (Å²) in [6.07, 6.45) is 1.29. The summed E-state index contributed by atoms with van der Waals surface area (Å²) in [4.78, 5) is 28.6. The number of aliphatic carboxylic acids is 1. The molecule has 1 aliphatic heterocycles. The molecule has 1 atom stereocenters. The lowest BCUT2D eigenvalue weighted by molar-refractivity contribution is -0.138. The first-order valence-corrected chi connectivity index (χ1v) is 8.20. The van der Waals surface area contributed by atoms with E-state index >= 15 is 0 Å². The van der Waals surface area contributed by atoms with Gasteiger partial charge in [0.05, 0.1) is 11.8 Å². The van der Waals surface area contributed by atoms with Gasteiger partial charge in [0.1, 0.15) is 5.69 Å². The lowest BCUT2D eigenvalue weighted by Crippen LogP contribution is -2.41. The van der Waals surface area contributed by atoms with E-state index in [9.17, 15) is 19.1 Å². The highest BCUT2D eigenvalue weighted by Gasteiger charge is 2.49.